The van der Waals surface area contributed by atoms with Gasteiger partial charge in [-0.25, -0.2) is 0 Å². The van der Waals surface area contributed by atoms with Gasteiger partial charge in [0.1, 0.15) is 0 Å². The lowest BCUT2D eigenvalue weighted by Crippen LogP contribution is -2.31. The van der Waals surface area contributed by atoms with E-state index >= 15 is 0 Å². The Morgan fingerprint density at radius 2 is 1.96 bits per heavy atom. The van der Waals surface area contributed by atoms with Crippen LogP contribution in [0.4, 0.5) is 4.79 Å². The van der Waals surface area contributed by atoms with Crippen molar-refractivity contribution in [3.8, 4) is 5.69 Å². The molecule has 0 N–H and O–H groups in total. The number of hydrogen-bond donors (Lipinski definition) is 0. The van der Waals surface area contributed by atoms with Gasteiger partial charge in [0.15, 0.2) is 0 Å². The van der Waals surface area contributed by atoms with Crippen LogP contribution < -0.4 is 0 Å². The van der Waals surface area contributed by atoms with E-state index in [9.17, 15) is 9.59 Å². The van der Waals surface area contributed by atoms with Gasteiger partial charge < -0.3 is 9.30 Å². The Labute approximate surface area is 165 Å². The van der Waals surface area contributed by atoms with Crippen molar-refractivity contribution in [2.75, 3.05) is 20.3 Å². The lowest BCUT2D eigenvalue weighted by atomic mass is 10.2. The molecule has 1 aliphatic rings. The van der Waals surface area contributed by atoms with Crippen LogP contribution in [0.1, 0.15) is 17.0 Å². The van der Waals surface area contributed by atoms with Crippen LogP contribution >= 0.6 is 27.7 Å². The highest BCUT2D eigenvalue weighted by Crippen LogP contribution is 2.34. The number of nitrogens with zero attached hydrogens (tertiary/aromatic N) is 2. The number of carbonyl (C=O) groups is 2. The lowest BCUT2D eigenvalue weighted by molar-refractivity contribution is -0.123. The van der Waals surface area contributed by atoms with Crippen LogP contribution in [0.5, 0.6) is 0 Å². The molecule has 7 heteroatoms. The maximum atomic E-state index is 12.5. The first-order valence-electron chi connectivity index (χ1n) is 8.12. The van der Waals surface area contributed by atoms with Crippen molar-refractivity contribution in [2.24, 2.45) is 0 Å². The number of benzene rings is 1. The minimum Gasteiger partial charge on any atom is -0.383 e. The number of halogens is 1. The number of para-hydroxylation sites is 1. The number of thioether (sulfide) groups is 1. The van der Waals surface area contributed by atoms with Crippen molar-refractivity contribution in [1.82, 2.24) is 9.47 Å². The first-order valence-corrected chi connectivity index (χ1v) is 9.73. The molecule has 3 rings (SSSR count). The van der Waals surface area contributed by atoms with Crippen molar-refractivity contribution in [3.63, 3.8) is 0 Å². The standard InChI is InChI=1S/C19H19BrN2O3S/c1-12-10-14(13(2)22(12)16-7-5-4-6-15(16)20)11-17-18(23)21(8-9-25-3)19(24)26-17/h4-7,10-11H,8-9H2,1-3H3/b17-11+. The van der Waals surface area contributed by atoms with E-state index in [0.717, 1.165) is 38.9 Å². The van der Waals surface area contributed by atoms with Crippen LogP contribution in [-0.4, -0.2) is 40.9 Å². The third kappa shape index (κ3) is 3.51. The number of rotatable bonds is 5. The molecule has 0 unspecified atom stereocenters. The van der Waals surface area contributed by atoms with Gasteiger partial charge in [0.05, 0.1) is 23.7 Å². The molecule has 136 valence electrons. The lowest BCUT2D eigenvalue weighted by Gasteiger charge is -2.11. The fraction of sp³-hybridized carbons (Fsp3) is 0.263. The summed E-state index contributed by atoms with van der Waals surface area (Å²) in [6, 6.07) is 10.0. The zero-order valence-electron chi connectivity index (χ0n) is 14.8. The average molecular weight is 435 g/mol. The molecule has 2 heterocycles. The summed E-state index contributed by atoms with van der Waals surface area (Å²) in [6.07, 6.45) is 1.80. The van der Waals surface area contributed by atoms with Gasteiger partial charge in [0.25, 0.3) is 11.1 Å². The first-order chi connectivity index (χ1) is 12.4. The Hall–Kier alpha value is -1.83. The maximum absolute atomic E-state index is 12.5. The highest BCUT2D eigenvalue weighted by molar-refractivity contribution is 9.10. The molecule has 0 spiro atoms. The molecule has 0 aliphatic carbocycles. The molecule has 1 aromatic heterocycles. The highest BCUT2D eigenvalue weighted by atomic mass is 79.9. The second-order valence-electron chi connectivity index (χ2n) is 5.94. The van der Waals surface area contributed by atoms with E-state index in [1.807, 2.05) is 44.2 Å². The second-order valence-corrected chi connectivity index (χ2v) is 7.79. The van der Waals surface area contributed by atoms with Gasteiger partial charge in [-0.1, -0.05) is 12.1 Å². The second kappa shape index (κ2) is 7.82. The number of aryl methyl sites for hydroxylation is 1. The van der Waals surface area contributed by atoms with Crippen LogP contribution in [0.2, 0.25) is 0 Å². The summed E-state index contributed by atoms with van der Waals surface area (Å²) in [4.78, 5) is 26.2. The first kappa shape index (κ1) is 18.9. The normalized spacial score (nSPS) is 16.2. The van der Waals surface area contributed by atoms with Crippen LogP contribution in [0.15, 0.2) is 39.7 Å². The van der Waals surface area contributed by atoms with Crippen molar-refractivity contribution in [1.29, 1.82) is 0 Å². The number of imide groups is 1. The molecule has 0 atom stereocenters. The molecule has 5 nitrogen and oxygen atoms in total. The van der Waals surface area contributed by atoms with E-state index in [-0.39, 0.29) is 17.7 Å². The van der Waals surface area contributed by atoms with Crippen LogP contribution in [0.25, 0.3) is 11.8 Å². The average Bonchev–Trinajstić information content (AvgIpc) is 3.03. The van der Waals surface area contributed by atoms with Gasteiger partial charge >= 0.3 is 0 Å². The number of aromatic nitrogens is 1. The van der Waals surface area contributed by atoms with Crippen molar-refractivity contribution in [2.45, 2.75) is 13.8 Å². The summed E-state index contributed by atoms with van der Waals surface area (Å²) in [5.41, 5.74) is 4.03. The molecule has 2 amide bonds. The smallest absolute Gasteiger partial charge is 0.293 e. The predicted octanol–water partition coefficient (Wildman–Crippen LogP) is 4.54. The fourth-order valence-electron chi connectivity index (χ4n) is 2.95. The van der Waals surface area contributed by atoms with E-state index in [1.165, 1.54) is 4.90 Å². The van der Waals surface area contributed by atoms with Crippen molar-refractivity contribution in [3.05, 3.63) is 56.7 Å². The summed E-state index contributed by atoms with van der Waals surface area (Å²) >= 11 is 4.56. The van der Waals surface area contributed by atoms with Crippen LogP contribution in [0.3, 0.4) is 0 Å². The largest absolute Gasteiger partial charge is 0.383 e. The minimum atomic E-state index is -0.261. The zero-order valence-corrected chi connectivity index (χ0v) is 17.2. The Bertz CT molecular complexity index is 904. The van der Waals surface area contributed by atoms with Crippen molar-refractivity contribution < 1.29 is 14.3 Å². The Balaban J connectivity index is 1.96. The maximum Gasteiger partial charge on any atom is 0.293 e. The molecule has 2 aromatic rings. The fourth-order valence-corrected chi connectivity index (χ4v) is 4.27. The Morgan fingerprint density at radius 3 is 2.65 bits per heavy atom. The number of amides is 2. The monoisotopic (exact) mass is 434 g/mol. The topological polar surface area (TPSA) is 51.5 Å². The van der Waals surface area contributed by atoms with E-state index in [0.29, 0.717) is 11.5 Å². The summed E-state index contributed by atoms with van der Waals surface area (Å²) in [6.45, 7) is 4.64. The third-order valence-electron chi connectivity index (χ3n) is 4.24. The van der Waals surface area contributed by atoms with E-state index in [2.05, 4.69) is 20.5 Å². The van der Waals surface area contributed by atoms with E-state index < -0.39 is 0 Å². The van der Waals surface area contributed by atoms with Gasteiger partial charge in [0, 0.05) is 23.0 Å². The van der Waals surface area contributed by atoms with E-state index in [4.69, 9.17) is 4.74 Å². The SMILES string of the molecule is COCCN1C(=O)S/C(=C/c2cc(C)n(-c3ccccc3Br)c2C)C1=O. The molecule has 1 saturated heterocycles. The summed E-state index contributed by atoms with van der Waals surface area (Å²) in [5, 5.41) is -0.252. The quantitative estimate of drug-likeness (QED) is 0.648. The molecule has 0 radical (unpaired) electrons. The summed E-state index contributed by atoms with van der Waals surface area (Å²) < 4.78 is 8.09. The molecular formula is C19H19BrN2O3S. The molecule has 26 heavy (non-hydrogen) atoms. The Kier molecular flexibility index (Phi) is 5.70. The Morgan fingerprint density at radius 1 is 1.23 bits per heavy atom. The number of hydrogen-bond acceptors (Lipinski definition) is 4. The molecule has 1 aliphatic heterocycles. The molecule has 0 bridgehead atoms. The minimum absolute atomic E-state index is 0.252. The van der Waals surface area contributed by atoms with Gasteiger partial charge in [0.2, 0.25) is 0 Å². The molecule has 1 aromatic carbocycles. The zero-order chi connectivity index (χ0) is 18.8. The van der Waals surface area contributed by atoms with Crippen LogP contribution in [-0.2, 0) is 9.53 Å². The van der Waals surface area contributed by atoms with Crippen molar-refractivity contribution >= 4 is 44.9 Å². The summed E-state index contributed by atoms with van der Waals surface area (Å²) in [5.74, 6) is -0.261. The predicted molar refractivity (Wildman–Crippen MR) is 107 cm³/mol. The van der Waals surface area contributed by atoms with Crippen LogP contribution in [0, 0.1) is 13.8 Å². The third-order valence-corrected chi connectivity index (χ3v) is 5.82. The van der Waals surface area contributed by atoms with E-state index in [1.54, 1.807) is 13.2 Å². The van der Waals surface area contributed by atoms with Gasteiger partial charge in [-0.3, -0.25) is 14.5 Å². The van der Waals surface area contributed by atoms with Gasteiger partial charge in [-0.2, -0.15) is 0 Å². The highest BCUT2D eigenvalue weighted by Gasteiger charge is 2.34. The van der Waals surface area contributed by atoms with Gasteiger partial charge in [-0.15, -0.1) is 0 Å². The summed E-state index contributed by atoms with van der Waals surface area (Å²) in [7, 11) is 1.55. The number of methoxy groups -OCH3 is 1. The molecule has 1 fully saturated rings. The number of ether oxygens (including phenoxy) is 1. The number of carbonyl (C=O) groups excluding carboxylic acids is 2. The molecular weight excluding hydrogens is 416 g/mol. The van der Waals surface area contributed by atoms with Gasteiger partial charge in [-0.05, 0) is 71.4 Å². The molecule has 0 saturated carbocycles.